The number of aliphatic hydroxyl groups excluding tert-OH is 1. The first kappa shape index (κ1) is 10.1. The topological polar surface area (TPSA) is 29.5 Å². The summed E-state index contributed by atoms with van der Waals surface area (Å²) >= 11 is 1.81. The van der Waals surface area contributed by atoms with E-state index in [-0.39, 0.29) is 12.7 Å². The lowest BCUT2D eigenvalue weighted by Crippen LogP contribution is -2.11. The normalized spacial score (nSPS) is 27.1. The van der Waals surface area contributed by atoms with Gasteiger partial charge in [0, 0.05) is 28.9 Å². The highest BCUT2D eigenvalue weighted by atomic mass is 32.1. The molecule has 1 saturated heterocycles. The van der Waals surface area contributed by atoms with Crippen molar-refractivity contribution in [3.63, 3.8) is 0 Å². The third-order valence-corrected chi connectivity index (χ3v) is 3.82. The van der Waals surface area contributed by atoms with E-state index in [1.807, 2.05) is 0 Å². The maximum atomic E-state index is 9.22. The second kappa shape index (κ2) is 4.01. The van der Waals surface area contributed by atoms with E-state index in [4.69, 9.17) is 4.74 Å². The predicted molar refractivity (Wildman–Crippen MR) is 57.7 cm³/mol. The first-order valence-electron chi connectivity index (χ1n) is 5.01. The fourth-order valence-electron chi connectivity index (χ4n) is 2.10. The molecule has 1 fully saturated rings. The van der Waals surface area contributed by atoms with Crippen LogP contribution in [0, 0.1) is 19.8 Å². The van der Waals surface area contributed by atoms with Crippen molar-refractivity contribution >= 4 is 11.3 Å². The molecule has 2 nitrogen and oxygen atoms in total. The Hall–Kier alpha value is -0.380. The number of aryl methyl sites for hydroxylation is 2. The molecule has 1 aliphatic heterocycles. The van der Waals surface area contributed by atoms with Gasteiger partial charge in [-0.1, -0.05) is 0 Å². The standard InChI is InChI=1S/C11H16O2S/c1-7-5-10(8(2)14-7)11-9(6-12)3-4-13-11/h5,9,11-12H,3-4,6H2,1-2H3. The van der Waals surface area contributed by atoms with E-state index < -0.39 is 0 Å². The first-order chi connectivity index (χ1) is 6.72. The molecule has 2 atom stereocenters. The highest BCUT2D eigenvalue weighted by Gasteiger charge is 2.30. The number of ether oxygens (including phenoxy) is 1. The predicted octanol–water partition coefficient (Wildman–Crippen LogP) is 2.43. The zero-order valence-electron chi connectivity index (χ0n) is 8.62. The largest absolute Gasteiger partial charge is 0.396 e. The lowest BCUT2D eigenvalue weighted by molar-refractivity contribution is 0.0719. The van der Waals surface area contributed by atoms with Crippen molar-refractivity contribution < 1.29 is 9.84 Å². The van der Waals surface area contributed by atoms with E-state index in [0.29, 0.717) is 5.92 Å². The monoisotopic (exact) mass is 212 g/mol. The summed E-state index contributed by atoms with van der Waals surface area (Å²) in [5.74, 6) is 0.294. The number of rotatable bonds is 2. The number of hydrogen-bond donors (Lipinski definition) is 1. The van der Waals surface area contributed by atoms with E-state index in [1.165, 1.54) is 15.3 Å². The Morgan fingerprint density at radius 3 is 2.93 bits per heavy atom. The summed E-state index contributed by atoms with van der Waals surface area (Å²) in [5, 5.41) is 9.22. The SMILES string of the molecule is Cc1cc(C2OCCC2CO)c(C)s1. The lowest BCUT2D eigenvalue weighted by atomic mass is 9.96. The van der Waals surface area contributed by atoms with Crippen molar-refractivity contribution in [3.05, 3.63) is 21.4 Å². The maximum Gasteiger partial charge on any atom is 0.0886 e. The molecule has 0 radical (unpaired) electrons. The van der Waals surface area contributed by atoms with Crippen LogP contribution in [0.3, 0.4) is 0 Å². The molecular formula is C11H16O2S. The lowest BCUT2D eigenvalue weighted by Gasteiger charge is -2.16. The van der Waals surface area contributed by atoms with E-state index in [0.717, 1.165) is 13.0 Å². The molecule has 14 heavy (non-hydrogen) atoms. The third-order valence-electron chi connectivity index (χ3n) is 2.83. The molecule has 0 aliphatic carbocycles. The summed E-state index contributed by atoms with van der Waals surface area (Å²) < 4.78 is 5.68. The molecule has 0 saturated carbocycles. The summed E-state index contributed by atoms with van der Waals surface area (Å²) in [6, 6.07) is 2.19. The summed E-state index contributed by atoms with van der Waals surface area (Å²) in [4.78, 5) is 2.65. The second-order valence-electron chi connectivity index (χ2n) is 3.89. The minimum Gasteiger partial charge on any atom is -0.396 e. The maximum absolute atomic E-state index is 9.22. The Bertz CT molecular complexity index is 319. The van der Waals surface area contributed by atoms with Gasteiger partial charge in [0.1, 0.15) is 0 Å². The fourth-order valence-corrected chi connectivity index (χ4v) is 3.06. The molecular weight excluding hydrogens is 196 g/mol. The van der Waals surface area contributed by atoms with Gasteiger partial charge in [-0.3, -0.25) is 0 Å². The van der Waals surface area contributed by atoms with E-state index in [2.05, 4.69) is 19.9 Å². The summed E-state index contributed by atoms with van der Waals surface area (Å²) in [6.07, 6.45) is 1.11. The molecule has 3 heteroatoms. The van der Waals surface area contributed by atoms with Crippen molar-refractivity contribution in [1.29, 1.82) is 0 Å². The van der Waals surface area contributed by atoms with E-state index in [1.54, 1.807) is 11.3 Å². The van der Waals surface area contributed by atoms with Gasteiger partial charge in [-0.25, -0.2) is 0 Å². The zero-order chi connectivity index (χ0) is 10.1. The molecule has 0 spiro atoms. The molecule has 2 heterocycles. The molecule has 78 valence electrons. The Balaban J connectivity index is 2.25. The minimum absolute atomic E-state index is 0.130. The van der Waals surface area contributed by atoms with Crippen LogP contribution in [-0.2, 0) is 4.74 Å². The number of aliphatic hydroxyl groups is 1. The Morgan fingerprint density at radius 1 is 1.57 bits per heavy atom. The average molecular weight is 212 g/mol. The third kappa shape index (κ3) is 1.72. The second-order valence-corrected chi connectivity index (χ2v) is 5.35. The average Bonchev–Trinajstić information content (AvgIpc) is 2.71. The van der Waals surface area contributed by atoms with E-state index >= 15 is 0 Å². The van der Waals surface area contributed by atoms with Gasteiger partial charge >= 0.3 is 0 Å². The molecule has 2 unspecified atom stereocenters. The molecule has 1 aromatic heterocycles. The Morgan fingerprint density at radius 2 is 2.36 bits per heavy atom. The molecule has 0 amide bonds. The van der Waals surface area contributed by atoms with Crippen LogP contribution in [-0.4, -0.2) is 18.3 Å². The van der Waals surface area contributed by atoms with Crippen LogP contribution in [0.4, 0.5) is 0 Å². The molecule has 1 N–H and O–H groups in total. The van der Waals surface area contributed by atoms with Gasteiger partial charge in [-0.2, -0.15) is 0 Å². The summed E-state index contributed by atoms with van der Waals surface area (Å²) in [5.41, 5.74) is 1.28. The Kier molecular flexibility index (Phi) is 2.91. The molecule has 0 bridgehead atoms. The number of hydrogen-bond acceptors (Lipinski definition) is 3. The highest BCUT2D eigenvalue weighted by molar-refractivity contribution is 7.12. The fraction of sp³-hybridized carbons (Fsp3) is 0.636. The van der Waals surface area contributed by atoms with Gasteiger partial charge in [0.2, 0.25) is 0 Å². The van der Waals surface area contributed by atoms with Gasteiger partial charge in [0.25, 0.3) is 0 Å². The van der Waals surface area contributed by atoms with Crippen molar-refractivity contribution in [2.45, 2.75) is 26.4 Å². The van der Waals surface area contributed by atoms with Crippen LogP contribution >= 0.6 is 11.3 Å². The van der Waals surface area contributed by atoms with Gasteiger partial charge in [-0.05, 0) is 31.9 Å². The van der Waals surface area contributed by atoms with Crippen molar-refractivity contribution in [1.82, 2.24) is 0 Å². The molecule has 0 aromatic carbocycles. The van der Waals surface area contributed by atoms with Crippen LogP contribution in [0.5, 0.6) is 0 Å². The first-order valence-corrected chi connectivity index (χ1v) is 5.83. The van der Waals surface area contributed by atoms with Crippen LogP contribution in [0.15, 0.2) is 6.07 Å². The Labute approximate surface area is 88.5 Å². The van der Waals surface area contributed by atoms with Gasteiger partial charge in [0.15, 0.2) is 0 Å². The summed E-state index contributed by atoms with van der Waals surface area (Å²) in [7, 11) is 0. The van der Waals surface area contributed by atoms with E-state index in [9.17, 15) is 5.11 Å². The van der Waals surface area contributed by atoms with Crippen LogP contribution in [0.25, 0.3) is 0 Å². The van der Waals surface area contributed by atoms with Crippen molar-refractivity contribution in [2.75, 3.05) is 13.2 Å². The molecule has 2 rings (SSSR count). The smallest absolute Gasteiger partial charge is 0.0886 e. The highest BCUT2D eigenvalue weighted by Crippen LogP contribution is 2.38. The van der Waals surface area contributed by atoms with Crippen molar-refractivity contribution in [3.8, 4) is 0 Å². The number of thiophene rings is 1. The van der Waals surface area contributed by atoms with Crippen LogP contribution in [0.1, 0.15) is 27.8 Å². The van der Waals surface area contributed by atoms with Crippen LogP contribution in [0.2, 0.25) is 0 Å². The van der Waals surface area contributed by atoms with Crippen molar-refractivity contribution in [2.24, 2.45) is 5.92 Å². The van der Waals surface area contributed by atoms with Gasteiger partial charge in [-0.15, -0.1) is 11.3 Å². The molecule has 1 aromatic rings. The van der Waals surface area contributed by atoms with Gasteiger partial charge in [0.05, 0.1) is 6.10 Å². The summed E-state index contributed by atoms with van der Waals surface area (Å²) in [6.45, 7) is 5.26. The zero-order valence-corrected chi connectivity index (χ0v) is 9.43. The van der Waals surface area contributed by atoms with Gasteiger partial charge < -0.3 is 9.84 Å². The molecule has 1 aliphatic rings. The minimum atomic E-state index is 0.130. The quantitative estimate of drug-likeness (QED) is 0.816. The van der Waals surface area contributed by atoms with Crippen LogP contribution < -0.4 is 0 Å².